The maximum absolute atomic E-state index is 9.53. The van der Waals surface area contributed by atoms with Gasteiger partial charge in [-0.1, -0.05) is 35.2 Å². The van der Waals surface area contributed by atoms with Crippen LogP contribution in [0.4, 0.5) is 0 Å². The zero-order valence-electron chi connectivity index (χ0n) is 9.42. The second-order valence-corrected chi connectivity index (χ2v) is 5.93. The van der Waals surface area contributed by atoms with Gasteiger partial charge in [0.2, 0.25) is 0 Å². The van der Waals surface area contributed by atoms with Gasteiger partial charge < -0.3 is 10.0 Å². The van der Waals surface area contributed by atoms with E-state index in [1.807, 2.05) is 0 Å². The number of likely N-dealkylation sites (tertiary alicyclic amines) is 1. The molecule has 0 amide bonds. The number of aliphatic hydroxyl groups is 1. The molecule has 1 unspecified atom stereocenters. The molecule has 1 atom stereocenters. The van der Waals surface area contributed by atoms with Crippen molar-refractivity contribution in [3.8, 4) is 0 Å². The number of hydrogen-bond acceptors (Lipinski definition) is 2. The Labute approximate surface area is 101 Å². The molecule has 3 heteroatoms. The Bertz CT molecular complexity index is 204. The van der Waals surface area contributed by atoms with Gasteiger partial charge in [0.15, 0.2) is 0 Å². The number of hydrogen-bond donors (Lipinski definition) is 1. The van der Waals surface area contributed by atoms with Crippen LogP contribution >= 0.6 is 15.9 Å². The first kappa shape index (κ1) is 11.9. The van der Waals surface area contributed by atoms with Gasteiger partial charge in [-0.3, -0.25) is 0 Å². The molecule has 88 valence electrons. The molecule has 2 rings (SSSR count). The fraction of sp³-hybridized carbons (Fsp3) is 1.00. The summed E-state index contributed by atoms with van der Waals surface area (Å²) in [6.45, 7) is 3.18. The quantitative estimate of drug-likeness (QED) is 0.800. The zero-order valence-corrected chi connectivity index (χ0v) is 11.0. The van der Waals surface area contributed by atoms with Crippen LogP contribution in [-0.4, -0.2) is 41.1 Å². The standard InChI is InChI=1S/C12H22BrNO/c13-9-12(5-2-1-3-6-12)10-14-7-4-11(15)8-14/h11,15H,1-10H2. The van der Waals surface area contributed by atoms with Crippen molar-refractivity contribution in [2.45, 2.75) is 44.6 Å². The predicted molar refractivity (Wildman–Crippen MR) is 66.4 cm³/mol. The lowest BCUT2D eigenvalue weighted by Crippen LogP contribution is -2.39. The lowest BCUT2D eigenvalue weighted by atomic mass is 9.75. The van der Waals surface area contributed by atoms with E-state index in [2.05, 4.69) is 20.8 Å². The van der Waals surface area contributed by atoms with Gasteiger partial charge in [0.1, 0.15) is 0 Å². The van der Waals surface area contributed by atoms with Crippen LogP contribution in [0.5, 0.6) is 0 Å². The number of nitrogens with zero attached hydrogens (tertiary/aromatic N) is 1. The smallest absolute Gasteiger partial charge is 0.0679 e. The molecular weight excluding hydrogens is 254 g/mol. The van der Waals surface area contributed by atoms with Crippen molar-refractivity contribution < 1.29 is 5.11 Å². The highest BCUT2D eigenvalue weighted by Crippen LogP contribution is 2.39. The molecule has 2 fully saturated rings. The van der Waals surface area contributed by atoms with E-state index in [9.17, 15) is 5.11 Å². The van der Waals surface area contributed by atoms with Crippen molar-refractivity contribution in [1.29, 1.82) is 0 Å². The number of alkyl halides is 1. The molecule has 2 aliphatic rings. The maximum Gasteiger partial charge on any atom is 0.0679 e. The van der Waals surface area contributed by atoms with E-state index in [1.165, 1.54) is 38.6 Å². The third-order valence-electron chi connectivity index (χ3n) is 4.00. The fourth-order valence-corrected chi connectivity index (χ4v) is 3.80. The molecular formula is C12H22BrNO. The molecule has 1 aliphatic carbocycles. The van der Waals surface area contributed by atoms with E-state index in [4.69, 9.17) is 0 Å². The number of β-amino-alcohol motifs (C(OH)–C–C–N with tert-alkyl or cyclic N) is 1. The van der Waals surface area contributed by atoms with Crippen molar-refractivity contribution in [1.82, 2.24) is 4.90 Å². The van der Waals surface area contributed by atoms with Crippen LogP contribution in [-0.2, 0) is 0 Å². The average Bonchev–Trinajstić information content (AvgIpc) is 2.65. The second kappa shape index (κ2) is 5.15. The first-order valence-electron chi connectivity index (χ1n) is 6.20. The third-order valence-corrected chi connectivity index (χ3v) is 5.19. The Morgan fingerprint density at radius 1 is 1.27 bits per heavy atom. The number of rotatable bonds is 3. The molecule has 0 bridgehead atoms. The van der Waals surface area contributed by atoms with Crippen molar-refractivity contribution in [3.05, 3.63) is 0 Å². The van der Waals surface area contributed by atoms with E-state index >= 15 is 0 Å². The summed E-state index contributed by atoms with van der Waals surface area (Å²) in [7, 11) is 0. The minimum absolute atomic E-state index is 0.0685. The summed E-state index contributed by atoms with van der Waals surface area (Å²) in [6.07, 6.45) is 7.83. The van der Waals surface area contributed by atoms with E-state index < -0.39 is 0 Å². The van der Waals surface area contributed by atoms with Crippen LogP contribution in [0.3, 0.4) is 0 Å². The first-order chi connectivity index (χ1) is 7.24. The minimum atomic E-state index is -0.0685. The molecule has 0 spiro atoms. The third kappa shape index (κ3) is 2.95. The monoisotopic (exact) mass is 275 g/mol. The molecule has 0 aromatic rings. The summed E-state index contributed by atoms with van der Waals surface area (Å²) >= 11 is 3.70. The Hall–Kier alpha value is 0.400. The van der Waals surface area contributed by atoms with Crippen molar-refractivity contribution >= 4 is 15.9 Å². The van der Waals surface area contributed by atoms with Crippen molar-refractivity contribution in [3.63, 3.8) is 0 Å². The summed E-state index contributed by atoms with van der Waals surface area (Å²) in [5, 5.41) is 10.7. The SMILES string of the molecule is OC1CCN(CC2(CBr)CCCCC2)C1. The Morgan fingerprint density at radius 2 is 2.00 bits per heavy atom. The number of halogens is 1. The van der Waals surface area contributed by atoms with Crippen LogP contribution in [0.2, 0.25) is 0 Å². The van der Waals surface area contributed by atoms with Gasteiger partial charge in [-0.15, -0.1) is 0 Å². The molecule has 0 radical (unpaired) electrons. The van der Waals surface area contributed by atoms with Crippen LogP contribution in [0.25, 0.3) is 0 Å². The lowest BCUT2D eigenvalue weighted by Gasteiger charge is -2.38. The van der Waals surface area contributed by atoms with E-state index in [-0.39, 0.29) is 6.10 Å². The van der Waals surface area contributed by atoms with Gasteiger partial charge in [0.05, 0.1) is 6.10 Å². The maximum atomic E-state index is 9.53. The van der Waals surface area contributed by atoms with Crippen LogP contribution in [0, 0.1) is 5.41 Å². The highest BCUT2D eigenvalue weighted by Gasteiger charge is 2.34. The second-order valence-electron chi connectivity index (χ2n) is 5.37. The van der Waals surface area contributed by atoms with E-state index in [1.54, 1.807) is 0 Å². The topological polar surface area (TPSA) is 23.5 Å². The zero-order chi connectivity index (χ0) is 10.7. The number of aliphatic hydroxyl groups excluding tert-OH is 1. The average molecular weight is 276 g/mol. The van der Waals surface area contributed by atoms with Crippen molar-refractivity contribution in [2.75, 3.05) is 25.0 Å². The summed E-state index contributed by atoms with van der Waals surface area (Å²) in [5.41, 5.74) is 0.502. The molecule has 0 aromatic carbocycles. The van der Waals surface area contributed by atoms with Crippen LogP contribution < -0.4 is 0 Å². The highest BCUT2D eigenvalue weighted by atomic mass is 79.9. The van der Waals surface area contributed by atoms with E-state index in [0.717, 1.165) is 24.8 Å². The van der Waals surface area contributed by atoms with Crippen LogP contribution in [0.1, 0.15) is 38.5 Å². The van der Waals surface area contributed by atoms with E-state index in [0.29, 0.717) is 5.41 Å². The Kier molecular flexibility index (Phi) is 4.08. The molecule has 0 aromatic heterocycles. The predicted octanol–water partition coefficient (Wildman–Crippen LogP) is 2.40. The summed E-state index contributed by atoms with van der Waals surface area (Å²) in [6, 6.07) is 0. The normalized spacial score (nSPS) is 32.0. The van der Waals surface area contributed by atoms with Gasteiger partial charge in [-0.05, 0) is 24.7 Å². The molecule has 1 saturated heterocycles. The molecule has 1 saturated carbocycles. The molecule has 1 aliphatic heterocycles. The Morgan fingerprint density at radius 3 is 2.53 bits per heavy atom. The van der Waals surface area contributed by atoms with Crippen molar-refractivity contribution in [2.24, 2.45) is 5.41 Å². The molecule has 2 nitrogen and oxygen atoms in total. The largest absolute Gasteiger partial charge is 0.392 e. The van der Waals surface area contributed by atoms with Gasteiger partial charge >= 0.3 is 0 Å². The van der Waals surface area contributed by atoms with Gasteiger partial charge in [-0.25, -0.2) is 0 Å². The van der Waals surface area contributed by atoms with Gasteiger partial charge in [0.25, 0.3) is 0 Å². The first-order valence-corrected chi connectivity index (χ1v) is 7.33. The van der Waals surface area contributed by atoms with Gasteiger partial charge in [-0.2, -0.15) is 0 Å². The summed E-state index contributed by atoms with van der Waals surface area (Å²) in [5.74, 6) is 0. The Balaban J connectivity index is 1.89. The summed E-state index contributed by atoms with van der Waals surface area (Å²) in [4.78, 5) is 2.46. The summed E-state index contributed by atoms with van der Waals surface area (Å²) < 4.78 is 0. The molecule has 1 heterocycles. The van der Waals surface area contributed by atoms with Gasteiger partial charge in [0, 0.05) is 25.0 Å². The highest BCUT2D eigenvalue weighted by molar-refractivity contribution is 9.09. The minimum Gasteiger partial charge on any atom is -0.392 e. The fourth-order valence-electron chi connectivity index (χ4n) is 3.07. The lowest BCUT2D eigenvalue weighted by molar-refractivity contribution is 0.124. The molecule has 15 heavy (non-hydrogen) atoms. The molecule has 1 N–H and O–H groups in total. The van der Waals surface area contributed by atoms with Crippen LogP contribution in [0.15, 0.2) is 0 Å².